The molecule has 0 aliphatic carbocycles. The summed E-state index contributed by atoms with van der Waals surface area (Å²) in [4.78, 5) is 0.256. The number of aryl methyl sites for hydroxylation is 1. The fourth-order valence-electron chi connectivity index (χ4n) is 1.90. The molecule has 20 heavy (non-hydrogen) atoms. The van der Waals surface area contributed by atoms with Crippen LogP contribution >= 0.6 is 0 Å². The predicted molar refractivity (Wildman–Crippen MR) is 78.5 cm³/mol. The molecule has 0 heterocycles. The molecule has 0 unspecified atom stereocenters. The highest BCUT2D eigenvalue weighted by Crippen LogP contribution is 2.21. The van der Waals surface area contributed by atoms with Gasteiger partial charge in [0.25, 0.3) is 0 Å². The van der Waals surface area contributed by atoms with E-state index >= 15 is 0 Å². The number of benzene rings is 1. The molecule has 0 radical (unpaired) electrons. The van der Waals surface area contributed by atoms with Crippen molar-refractivity contribution in [3.05, 3.63) is 23.8 Å². The lowest BCUT2D eigenvalue weighted by Gasteiger charge is -2.09. The Morgan fingerprint density at radius 3 is 2.50 bits per heavy atom. The van der Waals surface area contributed by atoms with E-state index in [2.05, 4.69) is 4.72 Å². The number of hydrogen-bond acceptors (Lipinski definition) is 4. The summed E-state index contributed by atoms with van der Waals surface area (Å²) in [5.74, 6) is 0.674. The van der Waals surface area contributed by atoms with Crippen molar-refractivity contribution in [3.63, 3.8) is 0 Å². The van der Waals surface area contributed by atoms with Gasteiger partial charge in [0.15, 0.2) is 0 Å². The van der Waals surface area contributed by atoms with Crippen molar-refractivity contribution in [3.8, 4) is 5.75 Å². The van der Waals surface area contributed by atoms with E-state index in [9.17, 15) is 8.42 Å². The molecule has 0 spiro atoms. The van der Waals surface area contributed by atoms with Gasteiger partial charge in [0.05, 0.1) is 12.0 Å². The molecule has 0 amide bonds. The van der Waals surface area contributed by atoms with Crippen LogP contribution in [0.25, 0.3) is 0 Å². The van der Waals surface area contributed by atoms with Gasteiger partial charge in [-0.15, -0.1) is 0 Å². The van der Waals surface area contributed by atoms with Crippen LogP contribution in [0, 0.1) is 6.92 Å². The number of aliphatic hydroxyl groups excluding tert-OH is 1. The van der Waals surface area contributed by atoms with E-state index in [1.807, 2.05) is 6.92 Å². The number of rotatable bonds is 9. The first kappa shape index (κ1) is 16.9. The molecule has 0 aromatic heterocycles. The first-order chi connectivity index (χ1) is 9.51. The Hall–Kier alpha value is -1.11. The Morgan fingerprint density at radius 2 is 1.90 bits per heavy atom. The minimum atomic E-state index is -3.46. The second-order valence-electron chi connectivity index (χ2n) is 4.67. The summed E-state index contributed by atoms with van der Waals surface area (Å²) in [6, 6.07) is 4.80. The Kier molecular flexibility index (Phi) is 6.98. The SMILES string of the molecule is COc1ccc(S(=O)(=O)NCCCCCCO)cc1C. The maximum absolute atomic E-state index is 12.1. The van der Waals surface area contributed by atoms with Crippen molar-refractivity contribution in [1.29, 1.82) is 0 Å². The third-order valence-corrected chi connectivity index (χ3v) is 4.51. The summed E-state index contributed by atoms with van der Waals surface area (Å²) < 4.78 is 31.9. The van der Waals surface area contributed by atoms with E-state index < -0.39 is 10.0 Å². The average molecular weight is 301 g/mol. The molecule has 5 nitrogen and oxygen atoms in total. The Bertz CT molecular complexity index is 514. The Morgan fingerprint density at radius 1 is 1.20 bits per heavy atom. The number of aliphatic hydroxyl groups is 1. The molecule has 114 valence electrons. The van der Waals surface area contributed by atoms with Crippen molar-refractivity contribution in [2.75, 3.05) is 20.3 Å². The maximum Gasteiger partial charge on any atom is 0.240 e. The Labute approximate surface area is 121 Å². The molecule has 0 aliphatic heterocycles. The Balaban J connectivity index is 2.54. The summed E-state index contributed by atoms with van der Waals surface area (Å²) in [5.41, 5.74) is 0.790. The summed E-state index contributed by atoms with van der Waals surface area (Å²) in [6.07, 6.45) is 3.36. The van der Waals surface area contributed by atoms with Crippen LogP contribution in [0.3, 0.4) is 0 Å². The second-order valence-corrected chi connectivity index (χ2v) is 6.43. The maximum atomic E-state index is 12.1. The van der Waals surface area contributed by atoms with Crippen LogP contribution in [-0.2, 0) is 10.0 Å². The molecule has 1 rings (SSSR count). The lowest BCUT2D eigenvalue weighted by Crippen LogP contribution is -2.24. The van der Waals surface area contributed by atoms with Crippen LogP contribution in [0.2, 0.25) is 0 Å². The number of ether oxygens (including phenoxy) is 1. The minimum absolute atomic E-state index is 0.191. The zero-order chi connectivity index (χ0) is 15.0. The van der Waals surface area contributed by atoms with Gasteiger partial charge in [0.2, 0.25) is 10.0 Å². The number of nitrogens with one attached hydrogen (secondary N) is 1. The highest BCUT2D eigenvalue weighted by atomic mass is 32.2. The zero-order valence-corrected chi connectivity index (χ0v) is 12.9. The molecule has 0 bridgehead atoms. The normalized spacial score (nSPS) is 11.6. The van der Waals surface area contributed by atoms with Gasteiger partial charge in [-0.2, -0.15) is 0 Å². The summed E-state index contributed by atoms with van der Waals surface area (Å²) in [5, 5.41) is 8.65. The van der Waals surface area contributed by atoms with Crippen LogP contribution in [0.15, 0.2) is 23.1 Å². The van der Waals surface area contributed by atoms with Gasteiger partial charge in [-0.05, 0) is 43.5 Å². The highest BCUT2D eigenvalue weighted by molar-refractivity contribution is 7.89. The molecular weight excluding hydrogens is 278 g/mol. The van der Waals surface area contributed by atoms with Crippen molar-refractivity contribution < 1.29 is 18.3 Å². The molecule has 0 saturated carbocycles. The smallest absolute Gasteiger partial charge is 0.240 e. The molecule has 1 aromatic rings. The van der Waals surface area contributed by atoms with Gasteiger partial charge >= 0.3 is 0 Å². The molecule has 1 aromatic carbocycles. The van der Waals surface area contributed by atoms with Crippen LogP contribution in [0.5, 0.6) is 5.75 Å². The third kappa shape index (κ3) is 5.11. The van der Waals surface area contributed by atoms with E-state index in [1.54, 1.807) is 25.3 Å². The quantitative estimate of drug-likeness (QED) is 0.682. The van der Waals surface area contributed by atoms with E-state index in [0.717, 1.165) is 31.2 Å². The summed E-state index contributed by atoms with van der Waals surface area (Å²) in [7, 11) is -1.90. The minimum Gasteiger partial charge on any atom is -0.496 e. The van der Waals surface area contributed by atoms with Crippen LogP contribution in [-0.4, -0.2) is 33.8 Å². The van der Waals surface area contributed by atoms with Crippen LogP contribution in [0.4, 0.5) is 0 Å². The predicted octanol–water partition coefficient (Wildman–Crippen LogP) is 1.83. The number of hydrogen-bond donors (Lipinski definition) is 2. The van der Waals surface area contributed by atoms with Gasteiger partial charge in [-0.25, -0.2) is 13.1 Å². The van der Waals surface area contributed by atoms with Crippen molar-refractivity contribution >= 4 is 10.0 Å². The first-order valence-electron chi connectivity index (χ1n) is 6.76. The molecule has 0 fully saturated rings. The van der Waals surface area contributed by atoms with Crippen molar-refractivity contribution in [2.24, 2.45) is 0 Å². The molecule has 0 aliphatic rings. The van der Waals surface area contributed by atoms with E-state index in [-0.39, 0.29) is 11.5 Å². The number of unbranched alkanes of at least 4 members (excludes halogenated alkanes) is 3. The van der Waals surface area contributed by atoms with Crippen molar-refractivity contribution in [2.45, 2.75) is 37.5 Å². The zero-order valence-electron chi connectivity index (χ0n) is 12.1. The first-order valence-corrected chi connectivity index (χ1v) is 8.24. The largest absolute Gasteiger partial charge is 0.496 e. The lowest BCUT2D eigenvalue weighted by molar-refractivity contribution is 0.282. The van der Waals surface area contributed by atoms with Gasteiger partial charge in [-0.3, -0.25) is 0 Å². The van der Waals surface area contributed by atoms with Crippen LogP contribution < -0.4 is 9.46 Å². The fraction of sp³-hybridized carbons (Fsp3) is 0.571. The third-order valence-electron chi connectivity index (χ3n) is 3.05. The van der Waals surface area contributed by atoms with E-state index in [0.29, 0.717) is 12.3 Å². The topological polar surface area (TPSA) is 75.6 Å². The highest BCUT2D eigenvalue weighted by Gasteiger charge is 2.14. The van der Waals surface area contributed by atoms with Gasteiger partial charge < -0.3 is 9.84 Å². The average Bonchev–Trinajstić information content (AvgIpc) is 2.42. The van der Waals surface area contributed by atoms with Gasteiger partial charge in [0.1, 0.15) is 5.75 Å². The second kappa shape index (κ2) is 8.24. The van der Waals surface area contributed by atoms with Crippen LogP contribution in [0.1, 0.15) is 31.2 Å². The number of sulfonamides is 1. The summed E-state index contributed by atoms with van der Waals surface area (Å²) in [6.45, 7) is 2.42. The van der Waals surface area contributed by atoms with E-state index in [4.69, 9.17) is 9.84 Å². The standard InChI is InChI=1S/C14H23NO4S/c1-12-11-13(7-8-14(12)19-2)20(17,18)15-9-5-3-4-6-10-16/h7-8,11,15-16H,3-6,9-10H2,1-2H3. The fourth-order valence-corrected chi connectivity index (χ4v) is 3.06. The molecule has 0 atom stereocenters. The molecular formula is C14H23NO4S. The molecule has 2 N–H and O–H groups in total. The molecule has 0 saturated heterocycles. The van der Waals surface area contributed by atoms with Gasteiger partial charge in [0, 0.05) is 13.2 Å². The summed E-state index contributed by atoms with van der Waals surface area (Å²) >= 11 is 0. The monoisotopic (exact) mass is 301 g/mol. The lowest BCUT2D eigenvalue weighted by atomic mass is 10.2. The molecule has 6 heteroatoms. The van der Waals surface area contributed by atoms with E-state index in [1.165, 1.54) is 0 Å². The van der Waals surface area contributed by atoms with Crippen molar-refractivity contribution in [1.82, 2.24) is 4.72 Å². The van der Waals surface area contributed by atoms with Gasteiger partial charge in [-0.1, -0.05) is 12.8 Å². The number of methoxy groups -OCH3 is 1.